The van der Waals surface area contributed by atoms with E-state index in [1.54, 1.807) is 11.3 Å². The van der Waals surface area contributed by atoms with Gasteiger partial charge < -0.3 is 9.64 Å². The number of ether oxygens (including phenoxy) is 1. The van der Waals surface area contributed by atoms with Gasteiger partial charge in [-0.25, -0.2) is 4.98 Å². The van der Waals surface area contributed by atoms with Crippen LogP contribution in [0.1, 0.15) is 44.5 Å². The normalized spacial score (nSPS) is 20.6. The van der Waals surface area contributed by atoms with Crippen molar-refractivity contribution >= 4 is 33.4 Å². The first kappa shape index (κ1) is 17.9. The first-order valence-electron chi connectivity index (χ1n) is 8.86. The summed E-state index contributed by atoms with van der Waals surface area (Å²) in [5, 5.41) is 0.919. The smallest absolute Gasteiger partial charge is 0.306 e. The maximum absolute atomic E-state index is 12.4. The van der Waals surface area contributed by atoms with Crippen molar-refractivity contribution in [2.24, 2.45) is 0 Å². The quantitative estimate of drug-likeness (QED) is 0.765. The average Bonchev–Trinajstić information content (AvgIpc) is 3.01. The predicted octanol–water partition coefficient (Wildman–Crippen LogP) is 3.56. The summed E-state index contributed by atoms with van der Waals surface area (Å²) in [7, 11) is 0. The highest BCUT2D eigenvalue weighted by Gasteiger charge is 2.29. The summed E-state index contributed by atoms with van der Waals surface area (Å²) in [4.78, 5) is 30.7. The SMILES string of the molecule is CC1CCCC(C)N1C(=O)COC(=O)CCc1nc2ccccc2s1. The summed E-state index contributed by atoms with van der Waals surface area (Å²) in [6, 6.07) is 8.36. The maximum Gasteiger partial charge on any atom is 0.306 e. The minimum Gasteiger partial charge on any atom is -0.456 e. The molecule has 5 nitrogen and oxygen atoms in total. The molecule has 1 aromatic carbocycles. The Labute approximate surface area is 152 Å². The fourth-order valence-electron chi connectivity index (χ4n) is 3.44. The van der Waals surface area contributed by atoms with Crippen molar-refractivity contribution in [2.75, 3.05) is 6.61 Å². The van der Waals surface area contributed by atoms with Gasteiger partial charge in [0.1, 0.15) is 0 Å². The summed E-state index contributed by atoms with van der Waals surface area (Å²) in [6.45, 7) is 3.96. The highest BCUT2D eigenvalue weighted by Crippen LogP contribution is 2.23. The van der Waals surface area contributed by atoms with Crippen molar-refractivity contribution < 1.29 is 14.3 Å². The zero-order chi connectivity index (χ0) is 17.8. The van der Waals surface area contributed by atoms with E-state index in [1.807, 2.05) is 29.2 Å². The summed E-state index contributed by atoms with van der Waals surface area (Å²) < 4.78 is 6.32. The summed E-state index contributed by atoms with van der Waals surface area (Å²) >= 11 is 1.59. The lowest BCUT2D eigenvalue weighted by atomic mass is 9.97. The third-order valence-corrected chi connectivity index (χ3v) is 5.82. The Hall–Kier alpha value is -1.95. The van der Waals surface area contributed by atoms with Gasteiger partial charge in [0.05, 0.1) is 21.6 Å². The predicted molar refractivity (Wildman–Crippen MR) is 98.5 cm³/mol. The molecule has 1 amide bonds. The van der Waals surface area contributed by atoms with Crippen LogP contribution in [-0.2, 0) is 20.7 Å². The lowest BCUT2D eigenvalue weighted by Crippen LogP contribution is -2.49. The number of piperidine rings is 1. The molecule has 6 heteroatoms. The van der Waals surface area contributed by atoms with Gasteiger partial charge in [-0.05, 0) is 45.2 Å². The van der Waals surface area contributed by atoms with Gasteiger partial charge in [0.15, 0.2) is 6.61 Å². The number of fused-ring (bicyclic) bond motifs is 1. The van der Waals surface area contributed by atoms with Crippen molar-refractivity contribution in [1.82, 2.24) is 9.88 Å². The van der Waals surface area contributed by atoms with Crippen LogP contribution in [0.5, 0.6) is 0 Å². The molecule has 2 aromatic rings. The molecule has 2 unspecified atom stereocenters. The number of thiazole rings is 1. The molecule has 0 bridgehead atoms. The number of carbonyl (C=O) groups excluding carboxylic acids is 2. The number of hydrogen-bond acceptors (Lipinski definition) is 5. The standard InChI is InChI=1S/C19H24N2O3S/c1-13-6-5-7-14(2)21(13)18(22)12-24-19(23)11-10-17-20-15-8-3-4-9-16(15)25-17/h3-4,8-9,13-14H,5-7,10-12H2,1-2H3. The van der Waals surface area contributed by atoms with Crippen molar-refractivity contribution in [3.63, 3.8) is 0 Å². The summed E-state index contributed by atoms with van der Waals surface area (Å²) in [5.74, 6) is -0.432. The van der Waals surface area contributed by atoms with Crippen LogP contribution in [-0.4, -0.2) is 40.5 Å². The number of nitrogens with zero attached hydrogens (tertiary/aromatic N) is 2. The first-order valence-corrected chi connectivity index (χ1v) is 9.67. The molecule has 2 heterocycles. The number of esters is 1. The number of carbonyl (C=O) groups is 2. The fraction of sp³-hybridized carbons (Fsp3) is 0.526. The molecule has 25 heavy (non-hydrogen) atoms. The van der Waals surface area contributed by atoms with Crippen LogP contribution in [0.4, 0.5) is 0 Å². The number of rotatable bonds is 5. The van der Waals surface area contributed by atoms with Gasteiger partial charge in [0, 0.05) is 18.5 Å². The molecule has 134 valence electrons. The molecule has 2 atom stereocenters. The number of hydrogen-bond donors (Lipinski definition) is 0. The number of likely N-dealkylation sites (tertiary alicyclic amines) is 1. The summed E-state index contributed by atoms with van der Waals surface area (Å²) in [6.07, 6.45) is 3.97. The van der Waals surface area contributed by atoms with E-state index in [0.717, 1.165) is 34.5 Å². The Morgan fingerprint density at radius 2 is 1.96 bits per heavy atom. The second-order valence-electron chi connectivity index (χ2n) is 6.67. The van der Waals surface area contributed by atoms with Crippen LogP contribution in [0.3, 0.4) is 0 Å². The van der Waals surface area contributed by atoms with Gasteiger partial charge in [0.25, 0.3) is 5.91 Å². The molecule has 0 radical (unpaired) electrons. The topological polar surface area (TPSA) is 59.5 Å². The van der Waals surface area contributed by atoms with Gasteiger partial charge in [0.2, 0.25) is 0 Å². The van der Waals surface area contributed by atoms with Crippen LogP contribution in [0.25, 0.3) is 10.2 Å². The van der Waals surface area contributed by atoms with Gasteiger partial charge in [-0.1, -0.05) is 12.1 Å². The number of amides is 1. The van der Waals surface area contributed by atoms with Crippen LogP contribution < -0.4 is 0 Å². The Bertz CT molecular complexity index is 715. The molecular weight excluding hydrogens is 336 g/mol. The Morgan fingerprint density at radius 1 is 1.24 bits per heavy atom. The Kier molecular flexibility index (Phi) is 5.68. The Balaban J connectivity index is 1.46. The molecule has 1 aromatic heterocycles. The highest BCUT2D eigenvalue weighted by atomic mass is 32.1. The van der Waals surface area contributed by atoms with E-state index in [4.69, 9.17) is 4.74 Å². The lowest BCUT2D eigenvalue weighted by molar-refractivity contribution is -0.154. The highest BCUT2D eigenvalue weighted by molar-refractivity contribution is 7.18. The zero-order valence-electron chi connectivity index (χ0n) is 14.7. The van der Waals surface area contributed by atoms with E-state index in [-0.39, 0.29) is 37.0 Å². The molecule has 1 aliphatic rings. The number of para-hydroxylation sites is 1. The average molecular weight is 360 g/mol. The van der Waals surface area contributed by atoms with Crippen LogP contribution in [0.2, 0.25) is 0 Å². The molecule has 3 rings (SSSR count). The molecule has 1 fully saturated rings. The second kappa shape index (κ2) is 7.95. The van der Waals surface area contributed by atoms with Crippen LogP contribution in [0.15, 0.2) is 24.3 Å². The van der Waals surface area contributed by atoms with Gasteiger partial charge in [-0.15, -0.1) is 11.3 Å². The third-order valence-electron chi connectivity index (χ3n) is 4.72. The van der Waals surface area contributed by atoms with Crippen molar-refractivity contribution in [1.29, 1.82) is 0 Å². The molecule has 1 aliphatic heterocycles. The number of aromatic nitrogens is 1. The zero-order valence-corrected chi connectivity index (χ0v) is 15.6. The van der Waals surface area contributed by atoms with Gasteiger partial charge in [-0.3, -0.25) is 9.59 Å². The molecule has 0 aliphatic carbocycles. The fourth-order valence-corrected chi connectivity index (χ4v) is 4.40. The van der Waals surface area contributed by atoms with Crippen LogP contribution in [0, 0.1) is 0 Å². The van der Waals surface area contributed by atoms with E-state index in [1.165, 1.54) is 0 Å². The molecule has 0 N–H and O–H groups in total. The third kappa shape index (κ3) is 4.37. The first-order chi connectivity index (χ1) is 12.0. The minimum atomic E-state index is -0.343. The monoisotopic (exact) mass is 360 g/mol. The molecular formula is C19H24N2O3S. The van der Waals surface area contributed by atoms with E-state index < -0.39 is 0 Å². The van der Waals surface area contributed by atoms with E-state index in [0.29, 0.717) is 6.42 Å². The molecule has 0 spiro atoms. The van der Waals surface area contributed by atoms with Crippen LogP contribution >= 0.6 is 11.3 Å². The van der Waals surface area contributed by atoms with E-state index in [2.05, 4.69) is 18.8 Å². The van der Waals surface area contributed by atoms with Crippen molar-refractivity contribution in [2.45, 2.75) is 58.0 Å². The van der Waals surface area contributed by atoms with E-state index in [9.17, 15) is 9.59 Å². The largest absolute Gasteiger partial charge is 0.456 e. The van der Waals surface area contributed by atoms with E-state index >= 15 is 0 Å². The van der Waals surface area contributed by atoms with Gasteiger partial charge in [-0.2, -0.15) is 0 Å². The minimum absolute atomic E-state index is 0.0898. The molecule has 1 saturated heterocycles. The second-order valence-corrected chi connectivity index (χ2v) is 7.78. The number of aryl methyl sites for hydroxylation is 1. The summed E-state index contributed by atoms with van der Waals surface area (Å²) in [5.41, 5.74) is 0.958. The maximum atomic E-state index is 12.4. The lowest BCUT2D eigenvalue weighted by Gasteiger charge is -2.38. The van der Waals surface area contributed by atoms with Crippen molar-refractivity contribution in [3.05, 3.63) is 29.3 Å². The van der Waals surface area contributed by atoms with Gasteiger partial charge >= 0.3 is 5.97 Å². The van der Waals surface area contributed by atoms with Crippen molar-refractivity contribution in [3.8, 4) is 0 Å². The number of benzene rings is 1. The Morgan fingerprint density at radius 3 is 2.68 bits per heavy atom. The molecule has 0 saturated carbocycles.